The van der Waals surface area contributed by atoms with Crippen LogP contribution in [0.15, 0.2) is 97.1 Å². The molecule has 388 valence electrons. The van der Waals surface area contributed by atoms with Crippen molar-refractivity contribution in [3.05, 3.63) is 120 Å². The van der Waals surface area contributed by atoms with E-state index in [-0.39, 0.29) is 28.1 Å². The monoisotopic (exact) mass is 1030 g/mol. The zero-order valence-electron chi connectivity index (χ0n) is 37.2. The lowest BCUT2D eigenvalue weighted by Crippen LogP contribution is -2.63. The second kappa shape index (κ2) is 21.1. The third-order valence-corrected chi connectivity index (χ3v) is 15.1. The minimum atomic E-state index is -4.93. The minimum absolute atomic E-state index is 0.0883. The van der Waals surface area contributed by atoms with Gasteiger partial charge in [0.05, 0.1) is 24.5 Å². The molecule has 18 atom stereocenters. The van der Waals surface area contributed by atoms with Crippen LogP contribution in [0.2, 0.25) is 0 Å². The summed E-state index contributed by atoms with van der Waals surface area (Å²) in [5.41, 5.74) is 0.907. The minimum Gasteiger partial charge on any atom is -0.479 e. The van der Waals surface area contributed by atoms with Gasteiger partial charge in [-0.05, 0) is 52.6 Å². The van der Waals surface area contributed by atoms with E-state index >= 15 is 0 Å². The molecule has 4 aromatic carbocycles. The molecule has 0 bridgehead atoms. The first kappa shape index (κ1) is 52.7. The lowest BCUT2D eigenvalue weighted by atomic mass is 9.89. The van der Waals surface area contributed by atoms with Gasteiger partial charge in [0.2, 0.25) is 12.2 Å². The summed E-state index contributed by atoms with van der Waals surface area (Å²) in [6, 6.07) is 20.3. The van der Waals surface area contributed by atoms with E-state index in [1.807, 2.05) is 0 Å². The lowest BCUT2D eigenvalue weighted by Gasteiger charge is -2.47. The number of β-lactam (4-membered cyclic amide) rings is 1. The number of aliphatic hydroxyl groups is 10. The van der Waals surface area contributed by atoms with E-state index in [4.69, 9.17) is 23.7 Å². The smallest absolute Gasteiger partial charge is 0.335 e. The van der Waals surface area contributed by atoms with Gasteiger partial charge in [-0.1, -0.05) is 66.7 Å². The molecule has 4 heterocycles. The molecule has 0 aliphatic carbocycles. The van der Waals surface area contributed by atoms with Crippen molar-refractivity contribution in [3.8, 4) is 16.9 Å². The Morgan fingerprint density at radius 2 is 1.21 bits per heavy atom. The number of aliphatic hydroxyl groups excluding tert-OH is 10. The van der Waals surface area contributed by atoms with Crippen LogP contribution in [0.25, 0.3) is 11.1 Å². The van der Waals surface area contributed by atoms with Gasteiger partial charge in [0.15, 0.2) is 33.6 Å². The quantitative estimate of drug-likeness (QED) is 0.0562. The second-order valence-corrected chi connectivity index (χ2v) is 19.8. The van der Waals surface area contributed by atoms with E-state index in [9.17, 15) is 88.5 Å². The summed E-state index contributed by atoms with van der Waals surface area (Å²) in [4.78, 5) is 39.6. The van der Waals surface area contributed by atoms with E-state index in [2.05, 4.69) is 0 Å². The number of amides is 1. The van der Waals surface area contributed by atoms with Gasteiger partial charge in [-0.2, -0.15) is 0 Å². The van der Waals surface area contributed by atoms with Crippen LogP contribution in [-0.4, -0.2) is 191 Å². The number of para-hydroxylation sites is 1. The molecule has 4 saturated heterocycles. The second-order valence-electron chi connectivity index (χ2n) is 17.6. The highest BCUT2D eigenvalue weighted by Gasteiger charge is 2.58. The number of carbonyl (C=O) groups is 3. The average molecular weight is 1030 g/mol. The number of ether oxygens (including phenoxy) is 5. The molecule has 12 N–H and O–H groups in total. The molecule has 8 rings (SSSR count). The summed E-state index contributed by atoms with van der Waals surface area (Å²) in [6.07, 6.45) is -30.6. The highest BCUT2D eigenvalue weighted by Crippen LogP contribution is 2.48. The van der Waals surface area contributed by atoms with Gasteiger partial charge in [0.1, 0.15) is 78.7 Å². The van der Waals surface area contributed by atoms with Crippen molar-refractivity contribution in [2.75, 3.05) is 17.3 Å². The van der Waals surface area contributed by atoms with Crippen molar-refractivity contribution < 1.29 is 112 Å². The fourth-order valence-corrected chi connectivity index (χ4v) is 11.1. The number of sulfone groups is 1. The fraction of sp³-hybridized carbons (Fsp3) is 0.426. The van der Waals surface area contributed by atoms with Crippen molar-refractivity contribution >= 4 is 33.4 Å². The molecule has 4 aliphatic heterocycles. The number of hydrogen-bond donors (Lipinski definition) is 12. The Bertz CT molecular complexity index is 2700. The SMILES string of the molecule is O=C(O)C1O[C@@H](Oc2cc(-c3ccc(C4O[C@H](CO)[C@@H](O)[C@H](O)[C@H]4O)cc3)ccc2[C@@H]2[C@@H](S(=O)(=O)C[C@H](O[C@@H]3OC(C(=O)O)[C@H](O)[C@H](O)C3O)c3ccc(F)cc3)C(=O)N2c2ccccc2)C(O)C(O)C1O. The van der Waals surface area contributed by atoms with Crippen LogP contribution < -0.4 is 9.64 Å². The zero-order chi connectivity index (χ0) is 52.1. The van der Waals surface area contributed by atoms with Gasteiger partial charge >= 0.3 is 11.9 Å². The number of carboxylic acids is 2. The predicted octanol–water partition coefficient (Wildman–Crippen LogP) is -2.20. The van der Waals surface area contributed by atoms with E-state index in [1.54, 1.807) is 18.2 Å². The first-order valence-corrected chi connectivity index (χ1v) is 23.9. The Balaban J connectivity index is 1.20. The van der Waals surface area contributed by atoms with Crippen LogP contribution in [0.5, 0.6) is 5.75 Å². The van der Waals surface area contributed by atoms with Crippen molar-refractivity contribution in [2.45, 2.75) is 109 Å². The highest BCUT2D eigenvalue weighted by molar-refractivity contribution is 7.93. The summed E-state index contributed by atoms with van der Waals surface area (Å²) in [5, 5.41) is 122. The Labute approximate surface area is 407 Å². The highest BCUT2D eigenvalue weighted by atomic mass is 32.2. The van der Waals surface area contributed by atoms with Crippen LogP contribution >= 0.6 is 0 Å². The molecule has 25 heteroatoms. The maximum absolute atomic E-state index is 15.0. The number of rotatable bonds is 15. The van der Waals surface area contributed by atoms with Gasteiger partial charge in [-0.15, -0.1) is 0 Å². The van der Waals surface area contributed by atoms with Crippen molar-refractivity contribution in [1.82, 2.24) is 0 Å². The lowest BCUT2D eigenvalue weighted by molar-refractivity contribution is -0.303. The van der Waals surface area contributed by atoms with Gasteiger partial charge in [-0.25, -0.2) is 22.4 Å². The predicted molar refractivity (Wildman–Crippen MR) is 238 cm³/mol. The Morgan fingerprint density at radius 3 is 1.79 bits per heavy atom. The van der Waals surface area contributed by atoms with Gasteiger partial charge in [0.25, 0.3) is 0 Å². The van der Waals surface area contributed by atoms with Gasteiger partial charge < -0.3 is 89.9 Å². The maximum Gasteiger partial charge on any atom is 0.335 e. The van der Waals surface area contributed by atoms with Crippen LogP contribution in [0.4, 0.5) is 10.1 Å². The standard InChI is InChI=1S/C47H50FNO22S/c48-23-13-10-20(11-14-23)28(69-47-38(59)33(54)36(57)41(71-47)45(63)64)18-72(65,66)42-29(49(43(42)60)24-4-2-1-3-5-24)25-15-12-22(16-26(25)68-46-37(58)32(53)35(56)40(70-46)44(61)62)19-6-8-21(9-7-19)39-34(55)31(52)30(51)27(17-50)67-39/h1-16,27-42,46-47,50-59H,17-18H2,(H,61,62)(H,63,64)/t27-,28+,29-,30-,31+,32?,33+,34-,35?,36-,37?,38?,39?,40?,41?,42-,46-,47-/m1/s1. The third-order valence-electron chi connectivity index (χ3n) is 13.1. The molecule has 7 unspecified atom stereocenters. The van der Waals surface area contributed by atoms with E-state index in [0.717, 1.165) is 29.2 Å². The van der Waals surface area contributed by atoms with Crippen LogP contribution in [0.3, 0.4) is 0 Å². The third kappa shape index (κ3) is 10.1. The molecule has 0 radical (unpaired) electrons. The average Bonchev–Trinajstić information content (AvgIpc) is 3.35. The molecule has 4 fully saturated rings. The Hall–Kier alpha value is -5.59. The molecule has 0 aromatic heterocycles. The van der Waals surface area contributed by atoms with Crippen molar-refractivity contribution in [3.63, 3.8) is 0 Å². The first-order valence-electron chi connectivity index (χ1n) is 22.2. The van der Waals surface area contributed by atoms with Crippen molar-refractivity contribution in [2.24, 2.45) is 0 Å². The summed E-state index contributed by atoms with van der Waals surface area (Å²) >= 11 is 0. The zero-order valence-corrected chi connectivity index (χ0v) is 38.0. The molecule has 0 spiro atoms. The summed E-state index contributed by atoms with van der Waals surface area (Å²) in [7, 11) is -4.93. The molecule has 1 amide bonds. The van der Waals surface area contributed by atoms with E-state index < -0.39 is 155 Å². The van der Waals surface area contributed by atoms with E-state index in [0.29, 0.717) is 11.1 Å². The molecular formula is C47H50FNO22S. The number of hydrogen-bond acceptors (Lipinski definition) is 20. The maximum atomic E-state index is 15.0. The first-order chi connectivity index (χ1) is 34.1. The normalized spacial score (nSPS) is 34.5. The van der Waals surface area contributed by atoms with E-state index in [1.165, 1.54) is 54.6 Å². The van der Waals surface area contributed by atoms with Gasteiger partial charge in [-0.3, -0.25) is 4.79 Å². The summed E-state index contributed by atoms with van der Waals surface area (Å²) in [5.74, 6) is -6.84. The molecule has 72 heavy (non-hydrogen) atoms. The number of anilines is 1. The van der Waals surface area contributed by atoms with Crippen LogP contribution in [0.1, 0.15) is 34.9 Å². The number of halogens is 1. The fourth-order valence-electron chi connectivity index (χ4n) is 9.10. The van der Waals surface area contributed by atoms with Crippen LogP contribution in [0, 0.1) is 5.82 Å². The number of carbonyl (C=O) groups excluding carboxylic acids is 1. The number of nitrogens with zero attached hydrogens (tertiary/aromatic N) is 1. The molecular weight excluding hydrogens is 982 g/mol. The van der Waals surface area contributed by atoms with Crippen molar-refractivity contribution in [1.29, 1.82) is 0 Å². The molecule has 0 saturated carbocycles. The number of benzene rings is 4. The molecule has 23 nitrogen and oxygen atoms in total. The van der Waals surface area contributed by atoms with Gasteiger partial charge in [0, 0.05) is 11.3 Å². The number of carboxylic acid groups (broad SMARTS) is 2. The molecule has 4 aromatic rings. The summed E-state index contributed by atoms with van der Waals surface area (Å²) < 4.78 is 72.5. The largest absolute Gasteiger partial charge is 0.479 e. The topological polar surface area (TPSA) is 378 Å². The molecule has 4 aliphatic rings. The number of aliphatic carboxylic acids is 2. The summed E-state index contributed by atoms with van der Waals surface area (Å²) in [6.45, 7) is -0.679. The Morgan fingerprint density at radius 1 is 0.653 bits per heavy atom. The Kier molecular flexibility index (Phi) is 15.4. The van der Waals surface area contributed by atoms with Crippen LogP contribution in [-0.2, 0) is 43.2 Å².